The Morgan fingerprint density at radius 1 is 0.806 bits per heavy atom. The molecule has 0 fully saturated rings. The van der Waals surface area contributed by atoms with Gasteiger partial charge in [0.25, 0.3) is 10.1 Å². The van der Waals surface area contributed by atoms with Crippen LogP contribution in [-0.4, -0.2) is 132 Å². The molecule has 0 rings (SSSR count). The Labute approximate surface area is 255 Å². The summed E-state index contributed by atoms with van der Waals surface area (Å²) < 4.78 is 42.8. The Balaban J connectivity index is -0.00000121. The van der Waals surface area contributed by atoms with Gasteiger partial charge in [-0.15, -0.1) is 0 Å². The molecule has 3 unspecified atom stereocenters. The van der Waals surface area contributed by atoms with Gasteiger partial charge in [-0.1, -0.05) is 66.2 Å². The van der Waals surface area contributed by atoms with Crippen LogP contribution in [0.2, 0.25) is 0 Å². The summed E-state index contributed by atoms with van der Waals surface area (Å²) in [5.41, 5.74) is 0. The van der Waals surface area contributed by atoms with Gasteiger partial charge in [-0.05, 0) is 24.7 Å². The van der Waals surface area contributed by atoms with E-state index in [-0.39, 0.29) is 114 Å². The molecule has 1 N–H and O–H groups in total. The van der Waals surface area contributed by atoms with Gasteiger partial charge in [0.15, 0.2) is 5.25 Å². The molecule has 0 radical (unpaired) electrons. The van der Waals surface area contributed by atoms with E-state index in [0.29, 0.717) is 0 Å². The molecule has 0 aliphatic heterocycles. The summed E-state index contributed by atoms with van der Waals surface area (Å²) in [5, 5.41) is -1.95. The molecular formula is C20H41Na3O7S. The van der Waals surface area contributed by atoms with Crippen molar-refractivity contribution in [3.05, 3.63) is 0 Å². The van der Waals surface area contributed by atoms with Crippen molar-refractivity contribution in [2.45, 2.75) is 90.7 Å². The fourth-order valence-electron chi connectivity index (χ4n) is 2.82. The predicted molar refractivity (Wildman–Crippen MR) is 130 cm³/mol. The first-order valence-corrected chi connectivity index (χ1v) is 12.0. The molecule has 31 heavy (non-hydrogen) atoms. The van der Waals surface area contributed by atoms with Gasteiger partial charge in [-0.25, -0.2) is 0 Å². The third-order valence-corrected chi connectivity index (χ3v) is 6.08. The second-order valence-electron chi connectivity index (χ2n) is 7.35. The molecular weight excluding hydrogens is 453 g/mol. The fraction of sp³-hybridized carbons (Fsp3) is 0.900. The first-order valence-electron chi connectivity index (χ1n) is 10.5. The zero-order chi connectivity index (χ0) is 21.6. The van der Waals surface area contributed by atoms with Crippen LogP contribution in [0, 0.1) is 11.8 Å². The summed E-state index contributed by atoms with van der Waals surface area (Å²) in [7, 11) is -4.76. The van der Waals surface area contributed by atoms with Gasteiger partial charge in [-0.2, -0.15) is 8.42 Å². The molecule has 0 aromatic heterocycles. The number of carbonyl (C=O) groups is 2. The molecule has 11 heteroatoms. The molecule has 0 heterocycles. The Morgan fingerprint density at radius 2 is 1.23 bits per heavy atom. The third kappa shape index (κ3) is 19.8. The Morgan fingerprint density at radius 3 is 1.58 bits per heavy atom. The van der Waals surface area contributed by atoms with E-state index in [9.17, 15) is 22.6 Å². The number of unbranched alkanes of at least 4 members (excludes halogenated alkanes) is 2. The molecule has 172 valence electrons. The van der Waals surface area contributed by atoms with Crippen LogP contribution in [0.15, 0.2) is 0 Å². The summed E-state index contributed by atoms with van der Waals surface area (Å²) in [6.07, 6.45) is 6.74. The average Bonchev–Trinajstić information content (AvgIpc) is 2.65. The van der Waals surface area contributed by atoms with Crippen LogP contribution in [0.1, 0.15) is 85.5 Å². The third-order valence-electron chi connectivity index (χ3n) is 5.00. The minimum absolute atomic E-state index is 0. The van der Waals surface area contributed by atoms with Crippen LogP contribution < -0.4 is 0 Å². The fourth-order valence-corrected chi connectivity index (χ4v) is 3.48. The molecule has 0 bridgehead atoms. The molecule has 3 atom stereocenters. The summed E-state index contributed by atoms with van der Waals surface area (Å²) >= 11 is 0. The molecule has 0 spiro atoms. The second-order valence-corrected chi connectivity index (χ2v) is 8.95. The number of carbonyl (C=O) groups excluding carboxylic acids is 2. The maximum atomic E-state index is 12.2. The summed E-state index contributed by atoms with van der Waals surface area (Å²) in [4.78, 5) is 24.2. The van der Waals surface area contributed by atoms with Crippen molar-refractivity contribution in [1.82, 2.24) is 0 Å². The van der Waals surface area contributed by atoms with Crippen molar-refractivity contribution < 1.29 is 32.0 Å². The Hall–Kier alpha value is 1.85. The number of rotatable bonds is 16. The van der Waals surface area contributed by atoms with Crippen LogP contribution >= 0.6 is 0 Å². The molecule has 7 nitrogen and oxygen atoms in total. The van der Waals surface area contributed by atoms with Gasteiger partial charge >= 0.3 is 101 Å². The molecule has 0 aliphatic carbocycles. The van der Waals surface area contributed by atoms with E-state index in [1.807, 2.05) is 13.8 Å². The number of hydrogen-bond donors (Lipinski definition) is 1. The van der Waals surface area contributed by atoms with E-state index < -0.39 is 33.7 Å². The van der Waals surface area contributed by atoms with Gasteiger partial charge in [0, 0.05) is 0 Å². The van der Waals surface area contributed by atoms with E-state index in [1.165, 1.54) is 0 Å². The molecule has 0 aliphatic rings. The van der Waals surface area contributed by atoms with E-state index in [1.54, 1.807) is 0 Å². The van der Waals surface area contributed by atoms with Crippen LogP contribution in [0.5, 0.6) is 0 Å². The molecule has 0 amide bonds. The van der Waals surface area contributed by atoms with Gasteiger partial charge < -0.3 is 9.47 Å². The zero-order valence-electron chi connectivity index (χ0n) is 17.8. The summed E-state index contributed by atoms with van der Waals surface area (Å²) in [6.45, 7) is 8.35. The Bertz CT molecular complexity index is 559. The van der Waals surface area contributed by atoms with Gasteiger partial charge in [-0.3, -0.25) is 14.1 Å². The first kappa shape index (κ1) is 40.0. The van der Waals surface area contributed by atoms with E-state index in [2.05, 4.69) is 13.8 Å². The van der Waals surface area contributed by atoms with Crippen molar-refractivity contribution in [3.8, 4) is 0 Å². The molecule has 0 saturated carbocycles. The van der Waals surface area contributed by atoms with Crippen molar-refractivity contribution in [3.63, 3.8) is 0 Å². The van der Waals surface area contributed by atoms with E-state index in [0.717, 1.165) is 51.4 Å². The maximum absolute atomic E-state index is 12.2. The predicted octanol–water partition coefficient (Wildman–Crippen LogP) is 2.21. The van der Waals surface area contributed by atoms with Crippen molar-refractivity contribution in [2.24, 2.45) is 11.8 Å². The zero-order valence-corrected chi connectivity index (χ0v) is 18.6. The molecule has 0 saturated heterocycles. The Kier molecular flexibility index (Phi) is 30.5. The van der Waals surface area contributed by atoms with Crippen LogP contribution in [0.25, 0.3) is 0 Å². The molecule has 0 aromatic rings. The van der Waals surface area contributed by atoms with E-state index in [4.69, 9.17) is 9.47 Å². The first-order chi connectivity index (χ1) is 13.2. The monoisotopic (exact) mass is 494 g/mol. The van der Waals surface area contributed by atoms with Crippen LogP contribution in [0.3, 0.4) is 0 Å². The number of ether oxygens (including phenoxy) is 2. The van der Waals surface area contributed by atoms with Gasteiger partial charge in [0.1, 0.15) is 0 Å². The van der Waals surface area contributed by atoms with Crippen LogP contribution in [0.4, 0.5) is 0 Å². The number of hydrogen-bond acceptors (Lipinski definition) is 6. The SMILES string of the molecule is CCCCC(CC)COC(=O)CC(C(=O)OCC(CC)CCCC)S(=O)(=O)O.[NaH].[NaH].[NaH]. The quantitative estimate of drug-likeness (QED) is 0.199. The topological polar surface area (TPSA) is 107 Å². The minimum atomic E-state index is -4.76. The standard InChI is InChI=1S/C20H38O7S.3Na.3H/c1-5-9-11-16(7-3)14-26-19(21)13-18(28(23,24)25)20(22)27-15-17(8-4)12-10-6-2;;;;;;/h16-18H,5-15H2,1-4H3,(H,23,24,25);;;;;;. The van der Waals surface area contributed by atoms with Crippen molar-refractivity contribution in [1.29, 1.82) is 0 Å². The second kappa shape index (κ2) is 23.6. The van der Waals surface area contributed by atoms with Gasteiger partial charge in [0.2, 0.25) is 0 Å². The van der Waals surface area contributed by atoms with Crippen molar-refractivity contribution >= 4 is 111 Å². The molecule has 0 aromatic carbocycles. The van der Waals surface area contributed by atoms with Crippen molar-refractivity contribution in [2.75, 3.05) is 13.2 Å². The average molecular weight is 495 g/mol. The van der Waals surface area contributed by atoms with Crippen LogP contribution in [-0.2, 0) is 29.2 Å². The van der Waals surface area contributed by atoms with Gasteiger partial charge in [0.05, 0.1) is 19.6 Å². The normalized spacial score (nSPS) is 13.5. The van der Waals surface area contributed by atoms with E-state index >= 15 is 0 Å². The summed E-state index contributed by atoms with van der Waals surface area (Å²) in [5.74, 6) is -1.61. The summed E-state index contributed by atoms with van der Waals surface area (Å²) in [6, 6.07) is 0. The number of esters is 2.